The number of rotatable bonds is 5. The van der Waals surface area contributed by atoms with Crippen molar-refractivity contribution in [2.75, 3.05) is 13.7 Å². The third-order valence-corrected chi connectivity index (χ3v) is 3.66. The van der Waals surface area contributed by atoms with E-state index < -0.39 is 5.97 Å². The van der Waals surface area contributed by atoms with Gasteiger partial charge < -0.3 is 14.5 Å². The molecule has 2 rings (SSSR count). The maximum atomic E-state index is 11.5. The van der Waals surface area contributed by atoms with E-state index in [0.29, 0.717) is 5.76 Å². The van der Waals surface area contributed by atoms with Gasteiger partial charge in [-0.15, -0.1) is 0 Å². The number of methoxy groups -OCH3 is 1. The second-order valence-electron chi connectivity index (χ2n) is 4.97. The van der Waals surface area contributed by atoms with Crippen LogP contribution >= 0.6 is 0 Å². The van der Waals surface area contributed by atoms with Crippen LogP contribution in [0.4, 0.5) is 0 Å². The number of benzene rings is 1. The molecule has 0 saturated heterocycles. The maximum Gasteiger partial charge on any atom is 0.373 e. The van der Waals surface area contributed by atoms with Gasteiger partial charge in [0.2, 0.25) is 5.76 Å². The summed E-state index contributed by atoms with van der Waals surface area (Å²) < 4.78 is 10.3. The van der Waals surface area contributed by atoms with Crippen LogP contribution < -0.4 is 5.32 Å². The average molecular weight is 287 g/mol. The van der Waals surface area contributed by atoms with Crippen molar-refractivity contribution in [3.8, 4) is 0 Å². The molecule has 4 nitrogen and oxygen atoms in total. The lowest BCUT2D eigenvalue weighted by Gasteiger charge is -2.19. The number of esters is 1. The maximum absolute atomic E-state index is 11.5. The Labute approximate surface area is 125 Å². The summed E-state index contributed by atoms with van der Waals surface area (Å²) in [5, 5.41) is 3.41. The number of aryl methyl sites for hydroxylation is 1. The van der Waals surface area contributed by atoms with Crippen LogP contribution in [0.5, 0.6) is 0 Å². The van der Waals surface area contributed by atoms with E-state index in [1.165, 1.54) is 18.2 Å². The Bertz CT molecular complexity index is 631. The van der Waals surface area contributed by atoms with E-state index in [4.69, 9.17) is 4.42 Å². The van der Waals surface area contributed by atoms with Gasteiger partial charge in [0.1, 0.15) is 5.76 Å². The molecule has 1 unspecified atom stereocenters. The molecule has 112 valence electrons. The number of ether oxygens (including phenoxy) is 1. The van der Waals surface area contributed by atoms with Crippen molar-refractivity contribution in [2.24, 2.45) is 0 Å². The van der Waals surface area contributed by atoms with Crippen molar-refractivity contribution in [1.29, 1.82) is 0 Å². The molecule has 0 saturated carbocycles. The van der Waals surface area contributed by atoms with Crippen molar-refractivity contribution >= 4 is 5.97 Å². The van der Waals surface area contributed by atoms with E-state index in [9.17, 15) is 4.79 Å². The minimum atomic E-state index is -0.461. The van der Waals surface area contributed by atoms with E-state index in [0.717, 1.165) is 12.1 Å². The second-order valence-corrected chi connectivity index (χ2v) is 4.97. The van der Waals surface area contributed by atoms with E-state index in [1.54, 1.807) is 6.07 Å². The Hall–Kier alpha value is -2.07. The Morgan fingerprint density at radius 1 is 1.29 bits per heavy atom. The largest absolute Gasteiger partial charge is 0.463 e. The van der Waals surface area contributed by atoms with Gasteiger partial charge in [-0.25, -0.2) is 4.79 Å². The number of carbonyl (C=O) groups excluding carboxylic acids is 1. The smallest absolute Gasteiger partial charge is 0.373 e. The highest BCUT2D eigenvalue weighted by Gasteiger charge is 2.21. The fraction of sp³-hybridized carbons (Fsp3) is 0.353. The van der Waals surface area contributed by atoms with Crippen molar-refractivity contribution < 1.29 is 13.9 Å². The molecule has 0 aliphatic rings. The summed E-state index contributed by atoms with van der Waals surface area (Å²) in [6.07, 6.45) is 0. The summed E-state index contributed by atoms with van der Waals surface area (Å²) in [4.78, 5) is 11.5. The first kappa shape index (κ1) is 15.3. The van der Waals surface area contributed by atoms with E-state index in [-0.39, 0.29) is 11.8 Å². The van der Waals surface area contributed by atoms with Crippen LogP contribution in [-0.2, 0) is 4.74 Å². The van der Waals surface area contributed by atoms with Crippen LogP contribution in [0.25, 0.3) is 0 Å². The Balaban J connectivity index is 2.41. The fourth-order valence-corrected chi connectivity index (χ4v) is 2.37. The third kappa shape index (κ3) is 3.16. The predicted octanol–water partition coefficient (Wildman–Crippen LogP) is 3.38. The monoisotopic (exact) mass is 287 g/mol. The molecule has 2 aromatic rings. The number of nitrogens with one attached hydrogen (secondary N) is 1. The van der Waals surface area contributed by atoms with Gasteiger partial charge in [0.05, 0.1) is 13.2 Å². The van der Waals surface area contributed by atoms with Crippen LogP contribution in [0.15, 0.2) is 34.7 Å². The Morgan fingerprint density at radius 3 is 2.71 bits per heavy atom. The molecule has 1 aromatic heterocycles. The van der Waals surface area contributed by atoms with Gasteiger partial charge in [-0.2, -0.15) is 0 Å². The van der Waals surface area contributed by atoms with Gasteiger partial charge in [0, 0.05) is 0 Å². The minimum Gasteiger partial charge on any atom is -0.463 e. The molecule has 0 fully saturated rings. The zero-order valence-electron chi connectivity index (χ0n) is 12.9. The summed E-state index contributed by atoms with van der Waals surface area (Å²) in [5.41, 5.74) is 3.61. The van der Waals surface area contributed by atoms with Gasteiger partial charge in [0.15, 0.2) is 0 Å². The summed E-state index contributed by atoms with van der Waals surface area (Å²) >= 11 is 0. The van der Waals surface area contributed by atoms with Gasteiger partial charge in [-0.1, -0.05) is 25.1 Å². The van der Waals surface area contributed by atoms with Crippen molar-refractivity contribution in [3.63, 3.8) is 0 Å². The number of carbonyl (C=O) groups is 1. The number of furan rings is 1. The fourth-order valence-electron chi connectivity index (χ4n) is 2.37. The molecule has 1 atom stereocenters. The van der Waals surface area contributed by atoms with Crippen LogP contribution in [0.3, 0.4) is 0 Å². The first-order valence-electron chi connectivity index (χ1n) is 7.06. The Morgan fingerprint density at radius 2 is 2.05 bits per heavy atom. The zero-order chi connectivity index (χ0) is 15.4. The van der Waals surface area contributed by atoms with Crippen LogP contribution in [0.2, 0.25) is 0 Å². The minimum absolute atomic E-state index is 0.0756. The molecule has 0 aliphatic carbocycles. The molecular weight excluding hydrogens is 266 g/mol. The average Bonchev–Trinajstić information content (AvgIpc) is 2.97. The van der Waals surface area contributed by atoms with Gasteiger partial charge >= 0.3 is 5.97 Å². The van der Waals surface area contributed by atoms with Crippen molar-refractivity contribution in [2.45, 2.75) is 26.8 Å². The molecule has 1 N–H and O–H groups in total. The highest BCUT2D eigenvalue weighted by Crippen LogP contribution is 2.28. The van der Waals surface area contributed by atoms with Gasteiger partial charge in [-0.05, 0) is 49.2 Å². The lowest BCUT2D eigenvalue weighted by molar-refractivity contribution is 0.0562. The molecule has 0 bridgehead atoms. The molecule has 4 heteroatoms. The third-order valence-electron chi connectivity index (χ3n) is 3.66. The van der Waals surface area contributed by atoms with Crippen LogP contribution in [-0.4, -0.2) is 19.6 Å². The summed E-state index contributed by atoms with van der Waals surface area (Å²) in [7, 11) is 1.34. The second kappa shape index (κ2) is 6.59. The molecule has 1 heterocycles. The van der Waals surface area contributed by atoms with Crippen LogP contribution in [0.1, 0.15) is 46.0 Å². The topological polar surface area (TPSA) is 51.5 Å². The SMILES string of the molecule is CCNC(c1ccc(C(=O)OC)o1)c1cccc(C)c1C. The standard InChI is InChI=1S/C17H21NO3/c1-5-18-16(13-8-6-7-11(2)12(13)3)14-9-10-15(21-14)17(19)20-4/h6-10,16,18H,5H2,1-4H3. The van der Waals surface area contributed by atoms with E-state index in [1.807, 2.05) is 19.1 Å². The zero-order valence-corrected chi connectivity index (χ0v) is 12.9. The van der Waals surface area contributed by atoms with E-state index >= 15 is 0 Å². The first-order chi connectivity index (χ1) is 10.1. The molecule has 1 aromatic carbocycles. The molecule has 21 heavy (non-hydrogen) atoms. The highest BCUT2D eigenvalue weighted by molar-refractivity contribution is 5.86. The van der Waals surface area contributed by atoms with Gasteiger partial charge in [-0.3, -0.25) is 0 Å². The molecule has 0 radical (unpaired) electrons. The normalized spacial score (nSPS) is 12.2. The van der Waals surface area contributed by atoms with Crippen molar-refractivity contribution in [3.05, 3.63) is 58.5 Å². The lowest BCUT2D eigenvalue weighted by Crippen LogP contribution is -2.22. The summed E-state index contributed by atoms with van der Waals surface area (Å²) in [5.74, 6) is 0.476. The van der Waals surface area contributed by atoms with Gasteiger partial charge in [0.25, 0.3) is 0 Å². The predicted molar refractivity (Wildman–Crippen MR) is 81.5 cm³/mol. The lowest BCUT2D eigenvalue weighted by atomic mass is 9.96. The Kier molecular flexibility index (Phi) is 4.81. The number of hydrogen-bond acceptors (Lipinski definition) is 4. The first-order valence-corrected chi connectivity index (χ1v) is 7.06. The number of hydrogen-bond donors (Lipinski definition) is 1. The molecule has 0 spiro atoms. The quantitative estimate of drug-likeness (QED) is 0.857. The van der Waals surface area contributed by atoms with Crippen LogP contribution in [0, 0.1) is 13.8 Å². The van der Waals surface area contributed by atoms with Crippen molar-refractivity contribution in [1.82, 2.24) is 5.32 Å². The van der Waals surface area contributed by atoms with E-state index in [2.05, 4.69) is 36.0 Å². The molecular formula is C17H21NO3. The molecule has 0 amide bonds. The highest BCUT2D eigenvalue weighted by atomic mass is 16.5. The molecule has 0 aliphatic heterocycles. The summed E-state index contributed by atoms with van der Waals surface area (Å²) in [6, 6.07) is 9.59. The summed E-state index contributed by atoms with van der Waals surface area (Å²) in [6.45, 7) is 7.03.